The highest BCUT2D eigenvalue weighted by Crippen LogP contribution is 2.23. The lowest BCUT2D eigenvalue weighted by Crippen LogP contribution is -2.51. The van der Waals surface area contributed by atoms with Crippen molar-refractivity contribution in [1.82, 2.24) is 24.5 Å². The second kappa shape index (κ2) is 11.5. The monoisotopic (exact) mass is 537 g/mol. The number of nitrogens with one attached hydrogen (secondary N) is 1. The van der Waals surface area contributed by atoms with Crippen LogP contribution in [0.25, 0.3) is 0 Å². The molecule has 0 unspecified atom stereocenters. The van der Waals surface area contributed by atoms with Crippen LogP contribution in [0.15, 0.2) is 24.5 Å². The van der Waals surface area contributed by atoms with Gasteiger partial charge in [-0.2, -0.15) is 0 Å². The molecule has 4 rings (SSSR count). The minimum absolute atomic E-state index is 0.00608. The minimum Gasteiger partial charge on any atom is -0.337 e. The summed E-state index contributed by atoms with van der Waals surface area (Å²) < 4.78 is 39.4. The van der Waals surface area contributed by atoms with Crippen LogP contribution >= 0.6 is 11.6 Å². The average Bonchev–Trinajstić information content (AvgIpc) is 2.85. The van der Waals surface area contributed by atoms with Crippen molar-refractivity contribution in [3.63, 3.8) is 0 Å². The molecule has 36 heavy (non-hydrogen) atoms. The summed E-state index contributed by atoms with van der Waals surface area (Å²) in [5.41, 5.74) is 2.79. The molecule has 1 aromatic heterocycles. The van der Waals surface area contributed by atoms with Gasteiger partial charge in [-0.3, -0.25) is 4.79 Å². The topological polar surface area (TPSA) is 95.5 Å². The summed E-state index contributed by atoms with van der Waals surface area (Å²) in [6.45, 7) is 4.91. The van der Waals surface area contributed by atoms with Crippen molar-refractivity contribution < 1.29 is 17.6 Å². The van der Waals surface area contributed by atoms with Crippen LogP contribution in [0.4, 0.5) is 4.39 Å². The zero-order valence-electron chi connectivity index (χ0n) is 20.7. The molecule has 0 radical (unpaired) electrons. The van der Waals surface area contributed by atoms with Gasteiger partial charge < -0.3 is 9.80 Å². The predicted molar refractivity (Wildman–Crippen MR) is 137 cm³/mol. The number of hydrogen-bond acceptors (Lipinski definition) is 6. The van der Waals surface area contributed by atoms with Crippen molar-refractivity contribution in [3.8, 4) is 0 Å². The Labute approximate surface area is 217 Å². The van der Waals surface area contributed by atoms with Crippen LogP contribution in [0.2, 0.25) is 5.02 Å². The molecule has 2 aliphatic rings. The second-order valence-corrected chi connectivity index (χ2v) is 12.0. The smallest absolute Gasteiger partial charge is 0.272 e. The van der Waals surface area contributed by atoms with Crippen LogP contribution in [-0.2, 0) is 22.9 Å². The fraction of sp³-hybridized carbons (Fsp3) is 0.560. The van der Waals surface area contributed by atoms with Gasteiger partial charge in [0.25, 0.3) is 5.91 Å². The molecule has 0 spiro atoms. The average molecular weight is 538 g/mol. The Bertz CT molecular complexity index is 1200. The van der Waals surface area contributed by atoms with E-state index >= 15 is 0 Å². The van der Waals surface area contributed by atoms with Gasteiger partial charge in [-0.15, -0.1) is 0 Å². The van der Waals surface area contributed by atoms with Gasteiger partial charge in [0.15, 0.2) is 0 Å². The van der Waals surface area contributed by atoms with E-state index in [1.807, 2.05) is 11.8 Å². The molecular formula is C25H33ClFN5O3S. The highest BCUT2D eigenvalue weighted by molar-refractivity contribution is 7.88. The molecule has 2 saturated heterocycles. The number of benzene rings is 1. The summed E-state index contributed by atoms with van der Waals surface area (Å²) in [6, 6.07) is 5.18. The molecule has 0 aliphatic carbocycles. The summed E-state index contributed by atoms with van der Waals surface area (Å²) >= 11 is 5.77. The maximum atomic E-state index is 13.7. The zero-order chi connectivity index (χ0) is 25.9. The first-order valence-electron chi connectivity index (χ1n) is 12.4. The number of nitrogens with zero attached hydrogens (tertiary/aromatic N) is 4. The molecule has 11 heteroatoms. The SMILES string of the molecule is Cc1c(CCc2ccc(Cl)c(F)c2)ncnc1C(=O)N1CCC(N2CCC(NS(C)(=O)=O)CC2)CC1. The highest BCUT2D eigenvalue weighted by Gasteiger charge is 2.31. The number of amides is 1. The number of carbonyl (C=O) groups is 1. The van der Waals surface area contributed by atoms with E-state index in [4.69, 9.17) is 11.6 Å². The number of aryl methyl sites for hydroxylation is 2. The van der Waals surface area contributed by atoms with Gasteiger partial charge >= 0.3 is 0 Å². The van der Waals surface area contributed by atoms with Gasteiger partial charge in [0.2, 0.25) is 10.0 Å². The Morgan fingerprint density at radius 3 is 2.44 bits per heavy atom. The van der Waals surface area contributed by atoms with Crippen molar-refractivity contribution in [2.45, 2.75) is 57.5 Å². The number of aromatic nitrogens is 2. The molecule has 1 N–H and O–H groups in total. The molecule has 0 saturated carbocycles. The quantitative estimate of drug-likeness (QED) is 0.583. The number of sulfonamides is 1. The molecule has 1 amide bonds. The fourth-order valence-electron chi connectivity index (χ4n) is 5.18. The lowest BCUT2D eigenvalue weighted by atomic mass is 9.97. The number of rotatable bonds is 7. The number of piperidine rings is 2. The van der Waals surface area contributed by atoms with E-state index in [2.05, 4.69) is 19.6 Å². The van der Waals surface area contributed by atoms with E-state index in [1.54, 1.807) is 12.1 Å². The van der Waals surface area contributed by atoms with E-state index in [-0.39, 0.29) is 17.0 Å². The maximum absolute atomic E-state index is 13.7. The zero-order valence-corrected chi connectivity index (χ0v) is 22.3. The van der Waals surface area contributed by atoms with Gasteiger partial charge in [0.1, 0.15) is 17.8 Å². The third-order valence-corrected chi connectivity index (χ3v) is 8.27. The summed E-state index contributed by atoms with van der Waals surface area (Å²) in [6.07, 6.45) is 7.16. The third-order valence-electron chi connectivity index (χ3n) is 7.20. The Balaban J connectivity index is 1.31. The lowest BCUT2D eigenvalue weighted by Gasteiger charge is -2.41. The molecule has 2 aliphatic heterocycles. The molecule has 0 atom stereocenters. The van der Waals surface area contributed by atoms with Crippen LogP contribution in [0.3, 0.4) is 0 Å². The van der Waals surface area contributed by atoms with Crippen molar-refractivity contribution in [1.29, 1.82) is 0 Å². The van der Waals surface area contributed by atoms with Crippen LogP contribution < -0.4 is 4.72 Å². The number of carbonyl (C=O) groups excluding carboxylic acids is 1. The number of likely N-dealkylation sites (tertiary alicyclic amines) is 2. The summed E-state index contributed by atoms with van der Waals surface area (Å²) in [5.74, 6) is -0.522. The van der Waals surface area contributed by atoms with Crippen molar-refractivity contribution in [3.05, 3.63) is 57.9 Å². The number of hydrogen-bond donors (Lipinski definition) is 1. The van der Waals surface area contributed by atoms with Gasteiger partial charge in [0.05, 0.1) is 11.3 Å². The summed E-state index contributed by atoms with van der Waals surface area (Å²) in [5, 5.41) is 0.0991. The molecule has 1 aromatic carbocycles. The number of halogens is 2. The molecule has 3 heterocycles. The molecule has 196 valence electrons. The van der Waals surface area contributed by atoms with Crippen molar-refractivity contribution >= 4 is 27.5 Å². The normalized spacial score (nSPS) is 18.5. The molecule has 2 aromatic rings. The molecule has 8 nitrogen and oxygen atoms in total. The van der Waals surface area contributed by atoms with Crippen molar-refractivity contribution in [2.75, 3.05) is 32.4 Å². The van der Waals surface area contributed by atoms with Gasteiger partial charge in [0, 0.05) is 36.4 Å². The Morgan fingerprint density at radius 1 is 1.11 bits per heavy atom. The maximum Gasteiger partial charge on any atom is 0.272 e. The van der Waals surface area contributed by atoms with Crippen LogP contribution in [0.1, 0.15) is 53.0 Å². The second-order valence-electron chi connectivity index (χ2n) is 9.77. The van der Waals surface area contributed by atoms with E-state index in [9.17, 15) is 17.6 Å². The standard InChI is InChI=1S/C25H33ClFN5O3S/c1-17-23(6-4-18-3-5-21(26)22(27)15-18)28-16-29-24(17)25(33)32-13-9-20(10-14-32)31-11-7-19(8-12-31)30-36(2,34)35/h3,5,15-16,19-20,30H,4,6-14H2,1-2H3. The van der Waals surface area contributed by atoms with Gasteiger partial charge in [-0.05, 0) is 76.2 Å². The van der Waals surface area contributed by atoms with Gasteiger partial charge in [-0.1, -0.05) is 17.7 Å². The minimum atomic E-state index is -3.18. The molecule has 0 bridgehead atoms. The Kier molecular flexibility index (Phi) is 8.59. The van der Waals surface area contributed by atoms with Crippen LogP contribution in [-0.4, -0.2) is 78.6 Å². The van der Waals surface area contributed by atoms with Crippen molar-refractivity contribution in [2.24, 2.45) is 0 Å². The highest BCUT2D eigenvalue weighted by atomic mass is 35.5. The lowest BCUT2D eigenvalue weighted by molar-refractivity contribution is 0.0570. The van der Waals surface area contributed by atoms with Crippen LogP contribution in [0, 0.1) is 12.7 Å². The first-order valence-corrected chi connectivity index (χ1v) is 14.6. The third kappa shape index (κ3) is 6.79. The summed E-state index contributed by atoms with van der Waals surface area (Å²) in [4.78, 5) is 26.2. The summed E-state index contributed by atoms with van der Waals surface area (Å²) in [7, 11) is -3.18. The van der Waals surface area contributed by atoms with E-state index in [1.165, 1.54) is 18.6 Å². The Hall–Kier alpha value is -2.14. The van der Waals surface area contributed by atoms with Gasteiger partial charge in [-0.25, -0.2) is 27.5 Å². The fourth-order valence-corrected chi connectivity index (χ4v) is 6.14. The predicted octanol–water partition coefficient (Wildman–Crippen LogP) is 2.98. The molecular weight excluding hydrogens is 505 g/mol. The largest absolute Gasteiger partial charge is 0.337 e. The first-order chi connectivity index (χ1) is 17.1. The molecule has 2 fully saturated rings. The van der Waals surface area contributed by atoms with E-state index in [0.717, 1.165) is 55.6 Å². The van der Waals surface area contributed by atoms with E-state index in [0.29, 0.717) is 37.7 Å². The van der Waals surface area contributed by atoms with Crippen LogP contribution in [0.5, 0.6) is 0 Å². The Morgan fingerprint density at radius 2 is 1.81 bits per heavy atom. The van der Waals surface area contributed by atoms with E-state index < -0.39 is 15.8 Å². The first kappa shape index (κ1) is 26.9.